The quantitative estimate of drug-likeness (QED) is 0.390. The van der Waals surface area contributed by atoms with Crippen LogP contribution in [-0.4, -0.2) is 45.4 Å². The largest absolute Gasteiger partial charge is 0.409 e. The number of aliphatic imine (C=N–C) groups is 1. The molecule has 1 atom stereocenters. The van der Waals surface area contributed by atoms with Crippen molar-refractivity contribution in [2.45, 2.75) is 51.8 Å². The van der Waals surface area contributed by atoms with Crippen molar-refractivity contribution in [1.82, 2.24) is 19.4 Å². The minimum absolute atomic E-state index is 0.0395. The number of alkyl halides is 6. The molecule has 8 nitrogen and oxygen atoms in total. The van der Waals surface area contributed by atoms with Gasteiger partial charge in [-0.15, -0.1) is 11.3 Å². The molecule has 3 heterocycles. The molecule has 0 radical (unpaired) electrons. The first-order chi connectivity index (χ1) is 15.3. The maximum atomic E-state index is 13.4. The molecule has 0 spiro atoms. The van der Waals surface area contributed by atoms with Crippen LogP contribution in [0.15, 0.2) is 14.6 Å². The second-order valence-corrected chi connectivity index (χ2v) is 8.47. The van der Waals surface area contributed by atoms with E-state index >= 15 is 0 Å². The summed E-state index contributed by atoms with van der Waals surface area (Å²) in [6, 6.07) is -2.53. The number of hydrogen-bond acceptors (Lipinski definition) is 7. The van der Waals surface area contributed by atoms with Gasteiger partial charge in [-0.2, -0.15) is 31.6 Å². The van der Waals surface area contributed by atoms with Crippen molar-refractivity contribution in [2.75, 3.05) is 13.1 Å². The van der Waals surface area contributed by atoms with Crippen molar-refractivity contribution >= 4 is 27.5 Å². The van der Waals surface area contributed by atoms with E-state index in [2.05, 4.69) is 10.3 Å². The lowest BCUT2D eigenvalue weighted by atomic mass is 10.2. The van der Waals surface area contributed by atoms with Gasteiger partial charge in [-0.3, -0.25) is 19.7 Å². The Kier molecular flexibility index (Phi) is 6.51. The van der Waals surface area contributed by atoms with Crippen LogP contribution in [0.1, 0.15) is 29.8 Å². The number of rotatable bonds is 5. The molecule has 0 amide bonds. The zero-order valence-corrected chi connectivity index (χ0v) is 18.2. The van der Waals surface area contributed by atoms with E-state index < -0.39 is 42.6 Å². The fourth-order valence-corrected chi connectivity index (χ4v) is 4.79. The molecule has 180 valence electrons. The molecule has 0 fully saturated rings. The second-order valence-electron chi connectivity index (χ2n) is 7.39. The fourth-order valence-electron chi connectivity index (χ4n) is 3.46. The number of aryl methyl sites for hydroxylation is 2. The van der Waals surface area contributed by atoms with E-state index in [1.807, 2.05) is 0 Å². The van der Waals surface area contributed by atoms with Crippen LogP contribution in [0.2, 0.25) is 0 Å². The standard InChI is InChI=1S/C18H18F6N6O2S/c1-9-11(7-28-6-4-26-15(28)27-8-25)33-14-12(9)13(31)30(10(2)18(22,23)24)16(32)29(14)5-3-17(19,20)21/h10H,3-7H2,1-2H3,(H,26,27). The Balaban J connectivity index is 2.21. The van der Waals surface area contributed by atoms with Crippen molar-refractivity contribution in [3.8, 4) is 6.19 Å². The lowest BCUT2D eigenvalue weighted by Gasteiger charge is -2.20. The molecule has 0 saturated carbocycles. The van der Waals surface area contributed by atoms with Crippen molar-refractivity contribution in [2.24, 2.45) is 4.99 Å². The Bertz CT molecular complexity index is 1250. The molecule has 1 aliphatic heterocycles. The van der Waals surface area contributed by atoms with Gasteiger partial charge in [-0.25, -0.2) is 9.36 Å². The molecular weight excluding hydrogens is 478 g/mol. The topological polar surface area (TPSA) is 95.4 Å². The van der Waals surface area contributed by atoms with Crippen LogP contribution < -0.4 is 16.6 Å². The van der Waals surface area contributed by atoms with Gasteiger partial charge in [0.1, 0.15) is 10.9 Å². The maximum Gasteiger partial charge on any atom is 0.409 e. The summed E-state index contributed by atoms with van der Waals surface area (Å²) in [7, 11) is 0. The monoisotopic (exact) mass is 496 g/mol. The fraction of sp³-hybridized carbons (Fsp3) is 0.556. The lowest BCUT2D eigenvalue weighted by molar-refractivity contribution is -0.164. The predicted molar refractivity (Wildman–Crippen MR) is 108 cm³/mol. The first-order valence-corrected chi connectivity index (χ1v) is 10.4. The van der Waals surface area contributed by atoms with Crippen molar-refractivity contribution in [1.29, 1.82) is 5.26 Å². The number of nitriles is 1. The molecular formula is C18H18F6N6O2S. The average Bonchev–Trinajstić information content (AvgIpc) is 3.25. The molecule has 0 aliphatic carbocycles. The molecule has 2 aromatic rings. The summed E-state index contributed by atoms with van der Waals surface area (Å²) >= 11 is 0.858. The Hall–Kier alpha value is -3.02. The van der Waals surface area contributed by atoms with Crippen molar-refractivity contribution < 1.29 is 26.3 Å². The summed E-state index contributed by atoms with van der Waals surface area (Å²) in [4.78, 5) is 31.8. The van der Waals surface area contributed by atoms with Crippen LogP contribution in [0.5, 0.6) is 0 Å². The normalized spacial score (nSPS) is 15.6. The summed E-state index contributed by atoms with van der Waals surface area (Å²) in [5, 5.41) is 11.0. The van der Waals surface area contributed by atoms with Gasteiger partial charge in [0.05, 0.1) is 24.9 Å². The Morgan fingerprint density at radius 3 is 2.48 bits per heavy atom. The number of nitrogens with zero attached hydrogens (tertiary/aromatic N) is 5. The summed E-state index contributed by atoms with van der Waals surface area (Å²) in [5.74, 6) is 0.256. The minimum atomic E-state index is -4.96. The van der Waals surface area contributed by atoms with Gasteiger partial charge in [0.25, 0.3) is 5.56 Å². The molecule has 0 aromatic carbocycles. The molecule has 1 unspecified atom stereocenters. The van der Waals surface area contributed by atoms with Crippen LogP contribution in [0, 0.1) is 18.4 Å². The highest BCUT2D eigenvalue weighted by Gasteiger charge is 2.40. The second kappa shape index (κ2) is 8.73. The van der Waals surface area contributed by atoms with E-state index in [0.717, 1.165) is 11.3 Å². The number of halogens is 6. The third kappa shape index (κ3) is 4.85. The molecule has 2 aromatic heterocycles. The van der Waals surface area contributed by atoms with Crippen LogP contribution in [0.25, 0.3) is 10.2 Å². The van der Waals surface area contributed by atoms with E-state index in [-0.39, 0.29) is 32.9 Å². The summed E-state index contributed by atoms with van der Waals surface area (Å²) in [6.07, 6.45) is -9.36. The summed E-state index contributed by atoms with van der Waals surface area (Å²) < 4.78 is 79.2. The summed E-state index contributed by atoms with van der Waals surface area (Å²) in [6.45, 7) is 2.01. The molecule has 0 bridgehead atoms. The molecule has 15 heteroatoms. The highest BCUT2D eigenvalue weighted by atomic mass is 32.1. The SMILES string of the molecule is Cc1c(CN2CCN=C2NC#N)sc2c1c(=O)n(C(C)C(F)(F)F)c(=O)n2CCC(F)(F)F. The highest BCUT2D eigenvalue weighted by Crippen LogP contribution is 2.33. The minimum Gasteiger partial charge on any atom is -0.335 e. The first kappa shape index (κ1) is 24.6. The summed E-state index contributed by atoms with van der Waals surface area (Å²) in [5.41, 5.74) is -2.41. The van der Waals surface area contributed by atoms with Gasteiger partial charge in [0, 0.05) is 18.0 Å². The van der Waals surface area contributed by atoms with Gasteiger partial charge in [-0.05, 0) is 19.4 Å². The van der Waals surface area contributed by atoms with E-state index in [1.54, 1.807) is 11.1 Å². The van der Waals surface area contributed by atoms with Crippen molar-refractivity contribution in [3.63, 3.8) is 0 Å². The molecule has 0 saturated heterocycles. The third-order valence-corrected chi connectivity index (χ3v) is 6.55. The van der Waals surface area contributed by atoms with E-state index in [0.29, 0.717) is 29.5 Å². The first-order valence-electron chi connectivity index (χ1n) is 9.61. The zero-order valence-electron chi connectivity index (χ0n) is 17.3. The van der Waals surface area contributed by atoms with Gasteiger partial charge in [0.15, 0.2) is 6.19 Å². The van der Waals surface area contributed by atoms with Crippen LogP contribution in [-0.2, 0) is 13.1 Å². The molecule has 1 aliphatic rings. The molecule has 3 rings (SSSR count). The van der Waals surface area contributed by atoms with E-state index in [4.69, 9.17) is 5.26 Å². The smallest absolute Gasteiger partial charge is 0.335 e. The highest BCUT2D eigenvalue weighted by molar-refractivity contribution is 7.18. The Labute approximate surface area is 186 Å². The number of hydrogen-bond donors (Lipinski definition) is 1. The number of guanidine groups is 1. The molecule has 1 N–H and O–H groups in total. The predicted octanol–water partition coefficient (Wildman–Crippen LogP) is 2.85. The lowest BCUT2D eigenvalue weighted by Crippen LogP contribution is -2.45. The third-order valence-electron chi connectivity index (χ3n) is 5.25. The molecule has 33 heavy (non-hydrogen) atoms. The maximum absolute atomic E-state index is 13.4. The zero-order chi connectivity index (χ0) is 24.7. The number of fused-ring (bicyclic) bond motifs is 1. The number of thiophene rings is 1. The average molecular weight is 496 g/mol. The number of nitrogens with one attached hydrogen (secondary N) is 1. The van der Waals surface area contributed by atoms with Gasteiger partial charge in [-0.1, -0.05) is 0 Å². The Morgan fingerprint density at radius 2 is 1.91 bits per heavy atom. The van der Waals surface area contributed by atoms with Gasteiger partial charge in [0.2, 0.25) is 5.96 Å². The van der Waals surface area contributed by atoms with Crippen LogP contribution >= 0.6 is 11.3 Å². The van der Waals surface area contributed by atoms with Gasteiger partial charge < -0.3 is 4.90 Å². The van der Waals surface area contributed by atoms with E-state index in [9.17, 15) is 35.9 Å². The van der Waals surface area contributed by atoms with Crippen molar-refractivity contribution in [3.05, 3.63) is 31.3 Å². The van der Waals surface area contributed by atoms with Crippen LogP contribution in [0.3, 0.4) is 0 Å². The van der Waals surface area contributed by atoms with Crippen LogP contribution in [0.4, 0.5) is 26.3 Å². The number of aromatic nitrogens is 2. The van der Waals surface area contributed by atoms with Gasteiger partial charge >= 0.3 is 18.0 Å². The Morgan fingerprint density at radius 1 is 1.24 bits per heavy atom. The van der Waals surface area contributed by atoms with E-state index in [1.165, 1.54) is 6.92 Å².